The molecule has 2 aromatic carbocycles. The van der Waals surface area contributed by atoms with Crippen LogP contribution >= 0.6 is 0 Å². The van der Waals surface area contributed by atoms with Gasteiger partial charge in [0, 0.05) is 41.0 Å². The van der Waals surface area contributed by atoms with Crippen molar-refractivity contribution in [1.29, 1.82) is 0 Å². The number of benzene rings is 2. The maximum atomic E-state index is 13.0. The van der Waals surface area contributed by atoms with Crippen LogP contribution in [0.15, 0.2) is 60.8 Å². The number of phenolic OH excluding ortho intramolecular Hbond substituents is 1. The number of nitrogens with two attached hydrogens (primary N) is 1. The van der Waals surface area contributed by atoms with Gasteiger partial charge in [0.2, 0.25) is 17.7 Å². The van der Waals surface area contributed by atoms with Crippen molar-refractivity contribution in [1.82, 2.24) is 15.0 Å². The smallest absolute Gasteiger partial charge is 0.416 e. The van der Waals surface area contributed by atoms with Crippen molar-refractivity contribution in [2.45, 2.75) is 20.0 Å². The minimum atomic E-state index is -4.67. The molecular formula is C23H20F3N5O3. The number of aromatic hydroxyl groups is 1. The summed E-state index contributed by atoms with van der Waals surface area (Å²) in [5, 5.41) is 12.4. The van der Waals surface area contributed by atoms with Gasteiger partial charge in [-0.2, -0.15) is 18.2 Å². The summed E-state index contributed by atoms with van der Waals surface area (Å²) in [6.45, 7) is 4.00. The zero-order valence-corrected chi connectivity index (χ0v) is 18.1. The van der Waals surface area contributed by atoms with Crippen molar-refractivity contribution >= 4 is 28.4 Å². The number of pyridine rings is 1. The van der Waals surface area contributed by atoms with Crippen LogP contribution in [0.5, 0.6) is 17.5 Å². The lowest BCUT2D eigenvalue weighted by atomic mass is 10.1. The third-order valence-electron chi connectivity index (χ3n) is 4.31. The molecule has 4 rings (SSSR count). The summed E-state index contributed by atoms with van der Waals surface area (Å²) in [4.78, 5) is 24.7. The predicted molar refractivity (Wildman–Crippen MR) is 121 cm³/mol. The van der Waals surface area contributed by atoms with Gasteiger partial charge in [0.05, 0.1) is 11.1 Å². The largest absolute Gasteiger partial charge is 0.508 e. The number of phenols is 1. The van der Waals surface area contributed by atoms with Gasteiger partial charge in [-0.1, -0.05) is 19.9 Å². The van der Waals surface area contributed by atoms with E-state index in [4.69, 9.17) is 10.5 Å². The van der Waals surface area contributed by atoms with Gasteiger partial charge in [-0.15, -0.1) is 0 Å². The third-order valence-corrected chi connectivity index (χ3v) is 4.31. The Hall–Kier alpha value is -4.41. The summed E-state index contributed by atoms with van der Waals surface area (Å²) in [6.07, 6.45) is -3.25. The molecule has 4 aromatic rings. The van der Waals surface area contributed by atoms with Crippen molar-refractivity contribution in [2.75, 3.05) is 11.1 Å². The average Bonchev–Trinajstić information content (AvgIpc) is 2.79. The zero-order valence-electron chi connectivity index (χ0n) is 18.1. The number of nitrogen functional groups attached to an aromatic ring is 1. The number of carbonyl (C=O) groups excluding carboxylic acids is 1. The van der Waals surface area contributed by atoms with Crippen LogP contribution in [-0.4, -0.2) is 26.0 Å². The van der Waals surface area contributed by atoms with Gasteiger partial charge in [-0.3, -0.25) is 4.79 Å². The quantitative estimate of drug-likeness (QED) is 0.364. The number of ether oxygens (including phenoxy) is 1. The summed E-state index contributed by atoms with van der Waals surface area (Å²) in [6, 6.07) is 11.6. The number of carbonyl (C=O) groups is 1. The molecule has 0 radical (unpaired) electrons. The highest BCUT2D eigenvalue weighted by Crippen LogP contribution is 2.34. The van der Waals surface area contributed by atoms with Crippen LogP contribution in [0.25, 0.3) is 10.9 Å². The molecule has 0 bridgehead atoms. The average molecular weight is 471 g/mol. The molecule has 0 spiro atoms. The van der Waals surface area contributed by atoms with Crippen LogP contribution in [0.1, 0.15) is 29.8 Å². The number of fused-ring (bicyclic) bond motifs is 1. The second kappa shape index (κ2) is 10.0. The second-order valence-corrected chi connectivity index (χ2v) is 6.60. The minimum absolute atomic E-state index is 0.0304. The van der Waals surface area contributed by atoms with E-state index in [2.05, 4.69) is 20.3 Å². The molecule has 0 aliphatic rings. The Morgan fingerprint density at radius 3 is 2.47 bits per heavy atom. The highest BCUT2D eigenvalue weighted by molar-refractivity contribution is 6.12. The van der Waals surface area contributed by atoms with Crippen molar-refractivity contribution in [3.05, 3.63) is 71.9 Å². The number of amides is 1. The van der Waals surface area contributed by atoms with Gasteiger partial charge in [-0.25, -0.2) is 9.97 Å². The summed E-state index contributed by atoms with van der Waals surface area (Å²) < 4.78 is 44.5. The van der Waals surface area contributed by atoms with E-state index in [-0.39, 0.29) is 29.0 Å². The third kappa shape index (κ3) is 5.68. The molecule has 2 aromatic heterocycles. The number of nitrogens with one attached hydrogen (secondary N) is 1. The first-order chi connectivity index (χ1) is 16.2. The first-order valence-electron chi connectivity index (χ1n) is 10.1. The van der Waals surface area contributed by atoms with E-state index in [9.17, 15) is 23.1 Å². The Kier molecular flexibility index (Phi) is 7.15. The number of hydrogen-bond acceptors (Lipinski definition) is 7. The second-order valence-electron chi connectivity index (χ2n) is 6.60. The highest BCUT2D eigenvalue weighted by Gasteiger charge is 2.31. The summed E-state index contributed by atoms with van der Waals surface area (Å²) in [5.74, 6) is -0.892. The lowest BCUT2D eigenvalue weighted by Gasteiger charge is -2.12. The summed E-state index contributed by atoms with van der Waals surface area (Å²) in [5.41, 5.74) is 4.81. The van der Waals surface area contributed by atoms with E-state index in [1.807, 2.05) is 13.8 Å². The first kappa shape index (κ1) is 24.2. The van der Waals surface area contributed by atoms with E-state index >= 15 is 0 Å². The van der Waals surface area contributed by atoms with Gasteiger partial charge >= 0.3 is 6.18 Å². The molecule has 2 heterocycles. The summed E-state index contributed by atoms with van der Waals surface area (Å²) in [7, 11) is 0. The normalized spacial score (nSPS) is 10.9. The molecule has 4 N–H and O–H groups in total. The maximum absolute atomic E-state index is 13.0. The fraction of sp³-hybridized carbons (Fsp3) is 0.130. The Morgan fingerprint density at radius 1 is 1.03 bits per heavy atom. The molecule has 1 amide bonds. The molecule has 8 nitrogen and oxygen atoms in total. The lowest BCUT2D eigenvalue weighted by Crippen LogP contribution is -2.13. The van der Waals surface area contributed by atoms with Crippen LogP contribution in [-0.2, 0) is 6.18 Å². The van der Waals surface area contributed by atoms with E-state index in [0.717, 1.165) is 12.1 Å². The van der Waals surface area contributed by atoms with Crippen LogP contribution in [0, 0.1) is 0 Å². The molecule has 0 aliphatic heterocycles. The van der Waals surface area contributed by atoms with E-state index in [1.54, 1.807) is 18.2 Å². The van der Waals surface area contributed by atoms with Crippen LogP contribution < -0.4 is 15.8 Å². The molecule has 0 aliphatic carbocycles. The van der Waals surface area contributed by atoms with E-state index < -0.39 is 23.4 Å². The molecule has 11 heteroatoms. The van der Waals surface area contributed by atoms with Crippen molar-refractivity contribution in [2.24, 2.45) is 0 Å². The molecule has 0 saturated heterocycles. The number of nitrogens with zero attached hydrogens (tertiary/aromatic N) is 3. The predicted octanol–water partition coefficient (Wildman–Crippen LogP) is 5.40. The van der Waals surface area contributed by atoms with Crippen molar-refractivity contribution in [3.8, 4) is 17.5 Å². The van der Waals surface area contributed by atoms with Gasteiger partial charge in [-0.05, 0) is 30.3 Å². The standard InChI is InChI=1S/C21H14F3N5O3.C2H6/c22-21(23,24)11-8-12(10-13(30)9-11)27-19(31)15-2-1-3-16-14(15)4-5-17(28-16)32-18-6-7-26-20(25)29-18;1-2/h1-10,30H,(H,27,31)(H2,25,26,29);1-2H3. The van der Waals surface area contributed by atoms with Crippen molar-refractivity contribution in [3.63, 3.8) is 0 Å². The molecule has 0 atom stereocenters. The number of halogens is 3. The molecule has 0 unspecified atom stereocenters. The monoisotopic (exact) mass is 471 g/mol. The molecule has 34 heavy (non-hydrogen) atoms. The van der Waals surface area contributed by atoms with Crippen LogP contribution in [0.3, 0.4) is 0 Å². The zero-order chi connectivity index (χ0) is 24.9. The number of rotatable bonds is 4. The molecule has 0 saturated carbocycles. The Balaban J connectivity index is 0.00000158. The Bertz CT molecular complexity index is 1330. The van der Waals surface area contributed by atoms with Crippen LogP contribution in [0.2, 0.25) is 0 Å². The van der Waals surface area contributed by atoms with E-state index in [0.29, 0.717) is 17.0 Å². The fourth-order valence-electron chi connectivity index (χ4n) is 2.96. The maximum Gasteiger partial charge on any atom is 0.416 e. The number of alkyl halides is 3. The Labute approximate surface area is 192 Å². The molecule has 176 valence electrons. The number of aromatic nitrogens is 3. The summed E-state index contributed by atoms with van der Waals surface area (Å²) >= 11 is 0. The molecular weight excluding hydrogens is 451 g/mol. The topological polar surface area (TPSA) is 123 Å². The van der Waals surface area contributed by atoms with Gasteiger partial charge in [0.15, 0.2) is 0 Å². The van der Waals surface area contributed by atoms with Crippen LogP contribution in [0.4, 0.5) is 24.8 Å². The Morgan fingerprint density at radius 2 is 1.76 bits per heavy atom. The van der Waals surface area contributed by atoms with Gasteiger partial charge in [0.25, 0.3) is 5.91 Å². The minimum Gasteiger partial charge on any atom is -0.508 e. The highest BCUT2D eigenvalue weighted by atomic mass is 19.4. The lowest BCUT2D eigenvalue weighted by molar-refractivity contribution is -0.137. The first-order valence-corrected chi connectivity index (χ1v) is 10.1. The van der Waals surface area contributed by atoms with Crippen molar-refractivity contribution < 1.29 is 27.8 Å². The number of hydrogen-bond donors (Lipinski definition) is 3. The number of anilines is 2. The molecule has 0 fully saturated rings. The SMILES string of the molecule is CC.Nc1nccc(Oc2ccc3c(C(=O)Nc4cc(O)cc(C(F)(F)F)c4)cccc3n2)n1. The van der Waals surface area contributed by atoms with Gasteiger partial charge < -0.3 is 20.9 Å². The fourth-order valence-corrected chi connectivity index (χ4v) is 2.96. The van der Waals surface area contributed by atoms with E-state index in [1.165, 1.54) is 24.4 Å². The van der Waals surface area contributed by atoms with Gasteiger partial charge in [0.1, 0.15) is 5.75 Å².